The Bertz CT molecular complexity index is 301. The topological polar surface area (TPSA) is 0 Å². The van der Waals surface area contributed by atoms with Crippen LogP contribution in [0.4, 0.5) is 0 Å². The lowest BCUT2D eigenvalue weighted by atomic mass is 9.26. The Labute approximate surface area is 140 Å². The van der Waals surface area contributed by atoms with Gasteiger partial charge in [-0.15, -0.1) is 5.47 Å². The second-order valence-electron chi connectivity index (χ2n) is 8.41. The summed E-state index contributed by atoms with van der Waals surface area (Å²) in [6, 6.07) is 0. The minimum absolute atomic E-state index is 0.724. The third kappa shape index (κ3) is 5.46. The first kappa shape index (κ1) is 18.1. The monoisotopic (exact) mass is 302 g/mol. The van der Waals surface area contributed by atoms with Crippen LogP contribution in [0.3, 0.4) is 0 Å². The third-order valence-corrected chi connectivity index (χ3v) is 6.11. The van der Waals surface area contributed by atoms with Crippen molar-refractivity contribution in [2.24, 2.45) is 5.92 Å². The Kier molecular flexibility index (Phi) is 8.11. The van der Waals surface area contributed by atoms with Crippen molar-refractivity contribution in [1.29, 1.82) is 0 Å². The van der Waals surface area contributed by atoms with E-state index >= 15 is 0 Å². The van der Waals surface area contributed by atoms with Crippen LogP contribution in [0.15, 0.2) is 11.5 Å². The highest BCUT2D eigenvalue weighted by molar-refractivity contribution is 6.69. The average Bonchev–Trinajstić information content (AvgIpc) is 2.54. The van der Waals surface area contributed by atoms with Gasteiger partial charge >= 0.3 is 0 Å². The first-order valence-electron chi connectivity index (χ1n) is 10.4. The predicted octanol–water partition coefficient (Wildman–Crippen LogP) is 7.46. The summed E-state index contributed by atoms with van der Waals surface area (Å²) in [6.07, 6.45) is 21.8. The standard InChI is InChI=1S/C21H39B/c1-4-5-12-21(17-18(2)3)22(19-13-8-6-9-14-19)20-15-10-7-11-16-20/h17-20H,4-16H2,1-3H3/b21-17+. The lowest BCUT2D eigenvalue weighted by molar-refractivity contribution is 0.462. The van der Waals surface area contributed by atoms with Crippen molar-refractivity contribution in [1.82, 2.24) is 0 Å². The Hall–Kier alpha value is -0.195. The molecule has 126 valence electrons. The molecule has 0 aromatic rings. The average molecular weight is 302 g/mol. The molecule has 0 heterocycles. The number of hydrogen-bond acceptors (Lipinski definition) is 0. The van der Waals surface area contributed by atoms with E-state index in [0.29, 0.717) is 0 Å². The van der Waals surface area contributed by atoms with Gasteiger partial charge in [-0.1, -0.05) is 116 Å². The van der Waals surface area contributed by atoms with Gasteiger partial charge in [0.25, 0.3) is 0 Å². The van der Waals surface area contributed by atoms with E-state index in [1.165, 1.54) is 83.5 Å². The van der Waals surface area contributed by atoms with E-state index in [0.717, 1.165) is 24.3 Å². The first-order valence-corrected chi connectivity index (χ1v) is 10.4. The Morgan fingerprint density at radius 2 is 1.41 bits per heavy atom. The molecule has 2 saturated carbocycles. The molecule has 2 aliphatic rings. The van der Waals surface area contributed by atoms with E-state index in [4.69, 9.17) is 0 Å². The molecule has 2 aliphatic carbocycles. The van der Waals surface area contributed by atoms with Crippen LogP contribution < -0.4 is 0 Å². The molecule has 0 atom stereocenters. The van der Waals surface area contributed by atoms with E-state index in [1.54, 1.807) is 0 Å². The van der Waals surface area contributed by atoms with Crippen LogP contribution in [0.5, 0.6) is 0 Å². The van der Waals surface area contributed by atoms with Gasteiger partial charge in [-0.25, -0.2) is 0 Å². The summed E-state index contributed by atoms with van der Waals surface area (Å²) in [6.45, 7) is 8.05. The van der Waals surface area contributed by atoms with Crippen molar-refractivity contribution < 1.29 is 0 Å². The van der Waals surface area contributed by atoms with Crippen LogP contribution in [-0.4, -0.2) is 6.71 Å². The van der Waals surface area contributed by atoms with Crippen molar-refractivity contribution in [3.63, 3.8) is 0 Å². The summed E-state index contributed by atoms with van der Waals surface area (Å²) in [4.78, 5) is 0. The highest BCUT2D eigenvalue weighted by Gasteiger charge is 2.36. The fourth-order valence-electron chi connectivity index (χ4n) is 5.15. The number of allylic oxidation sites excluding steroid dienone is 2. The maximum Gasteiger partial charge on any atom is 0.176 e. The normalized spacial score (nSPS) is 22.3. The molecule has 0 amide bonds. The second-order valence-corrected chi connectivity index (χ2v) is 8.41. The lowest BCUT2D eigenvalue weighted by Crippen LogP contribution is -2.33. The van der Waals surface area contributed by atoms with Gasteiger partial charge in [-0.05, 0) is 12.3 Å². The maximum absolute atomic E-state index is 2.67. The van der Waals surface area contributed by atoms with Crippen LogP contribution in [0.2, 0.25) is 11.6 Å². The molecule has 0 N–H and O–H groups in total. The van der Waals surface area contributed by atoms with Crippen molar-refractivity contribution in [3.05, 3.63) is 11.5 Å². The molecule has 0 aromatic heterocycles. The van der Waals surface area contributed by atoms with Crippen molar-refractivity contribution in [2.75, 3.05) is 0 Å². The van der Waals surface area contributed by atoms with Crippen LogP contribution in [0, 0.1) is 5.92 Å². The van der Waals surface area contributed by atoms with Gasteiger partial charge in [0.1, 0.15) is 0 Å². The summed E-state index contributed by atoms with van der Waals surface area (Å²) < 4.78 is 0. The summed E-state index contributed by atoms with van der Waals surface area (Å²) in [5, 5.41) is 0. The molecule has 0 saturated heterocycles. The molecule has 2 rings (SSSR count). The summed E-state index contributed by atoms with van der Waals surface area (Å²) >= 11 is 0. The Balaban J connectivity index is 2.18. The van der Waals surface area contributed by atoms with Gasteiger partial charge in [0.15, 0.2) is 6.71 Å². The quantitative estimate of drug-likeness (QED) is 0.428. The van der Waals surface area contributed by atoms with E-state index in [1.807, 2.05) is 5.47 Å². The largest absolute Gasteiger partial charge is 0.176 e. The van der Waals surface area contributed by atoms with Crippen LogP contribution in [0.1, 0.15) is 104 Å². The second kappa shape index (κ2) is 9.84. The molecule has 0 spiro atoms. The highest BCUT2D eigenvalue weighted by atomic mass is 14.2. The highest BCUT2D eigenvalue weighted by Crippen LogP contribution is 2.45. The zero-order valence-corrected chi connectivity index (χ0v) is 15.6. The molecule has 0 aliphatic heterocycles. The molecule has 0 nitrogen and oxygen atoms in total. The third-order valence-electron chi connectivity index (χ3n) is 6.11. The number of rotatable bonds is 7. The van der Waals surface area contributed by atoms with Gasteiger partial charge in [0.05, 0.1) is 0 Å². The Morgan fingerprint density at radius 1 is 0.909 bits per heavy atom. The van der Waals surface area contributed by atoms with Gasteiger partial charge in [-0.2, -0.15) is 0 Å². The molecule has 1 heteroatoms. The molecule has 0 unspecified atom stereocenters. The number of hydrogen-bond donors (Lipinski definition) is 0. The minimum Gasteiger partial charge on any atom is -0.104 e. The van der Waals surface area contributed by atoms with Gasteiger partial charge < -0.3 is 0 Å². The maximum atomic E-state index is 2.67. The fourth-order valence-corrected chi connectivity index (χ4v) is 5.15. The zero-order chi connectivity index (χ0) is 15.8. The molecule has 2 fully saturated rings. The summed E-state index contributed by atoms with van der Waals surface area (Å²) in [7, 11) is 0. The Morgan fingerprint density at radius 3 is 1.82 bits per heavy atom. The minimum atomic E-state index is 0.724. The molecular formula is C21H39B. The van der Waals surface area contributed by atoms with E-state index < -0.39 is 0 Å². The fraction of sp³-hybridized carbons (Fsp3) is 0.905. The van der Waals surface area contributed by atoms with Crippen molar-refractivity contribution >= 4 is 6.71 Å². The zero-order valence-electron chi connectivity index (χ0n) is 15.6. The SMILES string of the molecule is CCCC/C(=C\C(C)C)B(C1CCCCC1)C1CCCCC1. The van der Waals surface area contributed by atoms with E-state index in [9.17, 15) is 0 Å². The van der Waals surface area contributed by atoms with E-state index in [2.05, 4.69) is 26.8 Å². The van der Waals surface area contributed by atoms with Crippen LogP contribution in [0.25, 0.3) is 0 Å². The molecule has 0 aromatic carbocycles. The first-order chi connectivity index (χ1) is 10.7. The lowest BCUT2D eigenvalue weighted by Gasteiger charge is -2.37. The summed E-state index contributed by atoms with van der Waals surface area (Å²) in [5.41, 5.74) is 1.87. The van der Waals surface area contributed by atoms with Crippen LogP contribution >= 0.6 is 0 Å². The smallest absolute Gasteiger partial charge is 0.104 e. The number of unbranched alkanes of at least 4 members (excludes halogenated alkanes) is 1. The van der Waals surface area contributed by atoms with Gasteiger partial charge in [0.2, 0.25) is 0 Å². The molecule has 22 heavy (non-hydrogen) atoms. The molecule has 0 radical (unpaired) electrons. The van der Waals surface area contributed by atoms with Crippen molar-refractivity contribution in [2.45, 2.75) is 116 Å². The van der Waals surface area contributed by atoms with Gasteiger partial charge in [0, 0.05) is 0 Å². The molecular weight excluding hydrogens is 263 g/mol. The van der Waals surface area contributed by atoms with Crippen molar-refractivity contribution in [3.8, 4) is 0 Å². The van der Waals surface area contributed by atoms with Gasteiger partial charge in [-0.3, -0.25) is 0 Å². The predicted molar refractivity (Wildman–Crippen MR) is 102 cm³/mol. The van der Waals surface area contributed by atoms with Crippen LogP contribution in [-0.2, 0) is 0 Å². The summed E-state index contributed by atoms with van der Waals surface area (Å²) in [5.74, 6) is 2.75. The van der Waals surface area contributed by atoms with E-state index in [-0.39, 0.29) is 0 Å². The molecule has 0 bridgehead atoms.